The number of ketones is 1. The third-order valence-corrected chi connectivity index (χ3v) is 5.49. The number of hydrogen-bond donors (Lipinski definition) is 0. The molecule has 28 heavy (non-hydrogen) atoms. The number of carbonyl (C=O) groups is 1. The normalized spacial score (nSPS) is 23.5. The number of methoxy groups -OCH3 is 3. The van der Waals surface area contributed by atoms with Crippen LogP contribution in [-0.4, -0.2) is 32.8 Å². The number of rotatable bonds is 4. The van der Waals surface area contributed by atoms with Crippen LogP contribution >= 0.6 is 0 Å². The van der Waals surface area contributed by atoms with E-state index in [2.05, 4.69) is 24.9 Å². The molecule has 6 nitrogen and oxygen atoms in total. The lowest BCUT2D eigenvalue weighted by Gasteiger charge is -2.38. The van der Waals surface area contributed by atoms with Crippen LogP contribution in [0.15, 0.2) is 28.4 Å². The SMILES string of the molecule is COc1cc([C@@H]2C3=C(CC(C)(C)CC3=O)N=C(C)C2C#N)cc(OC)c1OC. The molecule has 1 unspecified atom stereocenters. The molecule has 6 heteroatoms. The molecular weight excluding hydrogens is 356 g/mol. The van der Waals surface area contributed by atoms with Crippen LogP contribution in [0.4, 0.5) is 0 Å². The fraction of sp³-hybridized carbons (Fsp3) is 0.500. The van der Waals surface area contributed by atoms with Crippen molar-refractivity contribution >= 4 is 11.5 Å². The van der Waals surface area contributed by atoms with Crippen molar-refractivity contribution in [1.82, 2.24) is 0 Å². The Hall–Kier alpha value is -2.81. The Bertz CT molecular complexity index is 896. The van der Waals surface area contributed by atoms with E-state index < -0.39 is 11.8 Å². The van der Waals surface area contributed by atoms with E-state index in [0.717, 1.165) is 17.0 Å². The number of nitrogens with zero attached hydrogens (tertiary/aromatic N) is 2. The molecule has 2 aliphatic rings. The number of nitriles is 1. The van der Waals surface area contributed by atoms with E-state index in [4.69, 9.17) is 14.2 Å². The molecule has 1 aliphatic heterocycles. The van der Waals surface area contributed by atoms with E-state index in [9.17, 15) is 10.1 Å². The maximum absolute atomic E-state index is 13.1. The third-order valence-electron chi connectivity index (χ3n) is 5.49. The lowest BCUT2D eigenvalue weighted by Crippen LogP contribution is -2.35. The monoisotopic (exact) mass is 382 g/mol. The van der Waals surface area contributed by atoms with Crippen LogP contribution in [0.3, 0.4) is 0 Å². The van der Waals surface area contributed by atoms with Crippen molar-refractivity contribution in [1.29, 1.82) is 5.26 Å². The van der Waals surface area contributed by atoms with Crippen LogP contribution in [0.5, 0.6) is 17.2 Å². The lowest BCUT2D eigenvalue weighted by molar-refractivity contribution is -0.118. The topological polar surface area (TPSA) is 80.9 Å². The van der Waals surface area contributed by atoms with E-state index in [-0.39, 0.29) is 11.2 Å². The first-order valence-corrected chi connectivity index (χ1v) is 9.27. The molecule has 0 N–H and O–H groups in total. The summed E-state index contributed by atoms with van der Waals surface area (Å²) in [5, 5.41) is 9.87. The highest BCUT2D eigenvalue weighted by Crippen LogP contribution is 2.50. The van der Waals surface area contributed by atoms with Crippen LogP contribution in [0.25, 0.3) is 0 Å². The molecule has 1 aliphatic carbocycles. The molecule has 0 fully saturated rings. The van der Waals surface area contributed by atoms with Gasteiger partial charge >= 0.3 is 0 Å². The van der Waals surface area contributed by atoms with E-state index in [1.165, 1.54) is 0 Å². The van der Waals surface area contributed by atoms with Crippen molar-refractivity contribution < 1.29 is 19.0 Å². The number of ether oxygens (including phenoxy) is 3. The zero-order valence-corrected chi connectivity index (χ0v) is 17.3. The van der Waals surface area contributed by atoms with Crippen molar-refractivity contribution in [3.05, 3.63) is 29.0 Å². The Morgan fingerprint density at radius 2 is 1.71 bits per heavy atom. The van der Waals surface area contributed by atoms with Gasteiger partial charge in [0.15, 0.2) is 17.3 Å². The summed E-state index contributed by atoms with van der Waals surface area (Å²) >= 11 is 0. The first kappa shape index (κ1) is 19.9. The predicted molar refractivity (Wildman–Crippen MR) is 106 cm³/mol. The van der Waals surface area contributed by atoms with Gasteiger partial charge in [-0.05, 0) is 36.5 Å². The molecule has 1 aromatic rings. The highest BCUT2D eigenvalue weighted by atomic mass is 16.5. The molecule has 2 atom stereocenters. The highest BCUT2D eigenvalue weighted by Gasteiger charge is 2.43. The zero-order valence-electron chi connectivity index (χ0n) is 17.3. The van der Waals surface area contributed by atoms with Crippen LogP contribution in [-0.2, 0) is 4.79 Å². The zero-order chi connectivity index (χ0) is 20.6. The number of hydrogen-bond acceptors (Lipinski definition) is 6. The van der Waals surface area contributed by atoms with Crippen molar-refractivity contribution in [2.24, 2.45) is 16.3 Å². The van der Waals surface area contributed by atoms with E-state index >= 15 is 0 Å². The highest BCUT2D eigenvalue weighted by molar-refractivity contribution is 6.03. The van der Waals surface area contributed by atoms with Gasteiger partial charge in [-0.3, -0.25) is 9.79 Å². The molecule has 0 saturated carbocycles. The third kappa shape index (κ3) is 3.26. The molecule has 0 aromatic heterocycles. The van der Waals surface area contributed by atoms with Crippen molar-refractivity contribution in [3.8, 4) is 23.3 Å². The second-order valence-electron chi connectivity index (χ2n) is 8.10. The molecule has 0 amide bonds. The second kappa shape index (κ2) is 7.31. The molecule has 0 radical (unpaired) electrons. The quantitative estimate of drug-likeness (QED) is 0.785. The number of carbonyl (C=O) groups excluding carboxylic acids is 1. The summed E-state index contributed by atoms with van der Waals surface area (Å²) in [5.74, 6) is 0.607. The van der Waals surface area contributed by atoms with Crippen LogP contribution in [0.2, 0.25) is 0 Å². The number of aliphatic imine (C=N–C) groups is 1. The average Bonchev–Trinajstić information content (AvgIpc) is 2.64. The largest absolute Gasteiger partial charge is 0.493 e. The van der Waals surface area contributed by atoms with E-state index in [1.54, 1.807) is 21.3 Å². The Labute approximate surface area is 165 Å². The van der Waals surface area contributed by atoms with Gasteiger partial charge in [0.05, 0.1) is 33.3 Å². The van der Waals surface area contributed by atoms with Gasteiger partial charge in [0.25, 0.3) is 0 Å². The maximum Gasteiger partial charge on any atom is 0.203 e. The molecule has 0 spiro atoms. The van der Waals surface area contributed by atoms with Gasteiger partial charge in [0.1, 0.15) is 0 Å². The summed E-state index contributed by atoms with van der Waals surface area (Å²) in [6.45, 7) is 6.00. The fourth-order valence-electron chi connectivity index (χ4n) is 4.25. The standard InChI is InChI=1S/C22H26N2O4/c1-12-14(11-23)19(20-15(24-12)9-22(2,3)10-16(20)25)13-7-17(26-4)21(28-6)18(8-13)27-5/h7-8,14,19H,9-10H2,1-6H3/t14?,19-/m0/s1. The second-order valence-corrected chi connectivity index (χ2v) is 8.10. The summed E-state index contributed by atoms with van der Waals surface area (Å²) < 4.78 is 16.4. The summed E-state index contributed by atoms with van der Waals surface area (Å²) in [6.07, 6.45) is 1.16. The number of Topliss-reactive ketones (excluding diaryl/α,β-unsaturated/α-hetero) is 1. The lowest BCUT2D eigenvalue weighted by atomic mass is 9.67. The van der Waals surface area contributed by atoms with Gasteiger partial charge < -0.3 is 14.2 Å². The average molecular weight is 382 g/mol. The molecule has 1 aromatic carbocycles. The fourth-order valence-corrected chi connectivity index (χ4v) is 4.25. The minimum atomic E-state index is -0.522. The Balaban J connectivity index is 2.24. The summed E-state index contributed by atoms with van der Waals surface area (Å²) in [4.78, 5) is 17.8. The first-order chi connectivity index (χ1) is 13.3. The minimum Gasteiger partial charge on any atom is -0.493 e. The van der Waals surface area contributed by atoms with Gasteiger partial charge in [-0.15, -0.1) is 0 Å². The van der Waals surface area contributed by atoms with Crippen LogP contribution < -0.4 is 14.2 Å². The summed E-state index contributed by atoms with van der Waals surface area (Å²) in [7, 11) is 4.65. The molecular formula is C22H26N2O4. The molecule has 148 valence electrons. The van der Waals surface area contributed by atoms with Gasteiger partial charge in [-0.2, -0.15) is 5.26 Å². The molecule has 3 rings (SSSR count). The summed E-state index contributed by atoms with van der Waals surface area (Å²) in [6, 6.07) is 6.00. The smallest absolute Gasteiger partial charge is 0.203 e. The maximum atomic E-state index is 13.1. The number of allylic oxidation sites excluding steroid dienone is 2. The Morgan fingerprint density at radius 3 is 2.21 bits per heavy atom. The van der Waals surface area contributed by atoms with E-state index in [1.807, 2.05) is 19.1 Å². The predicted octanol–water partition coefficient (Wildman–Crippen LogP) is 4.05. The Morgan fingerprint density at radius 1 is 1.11 bits per heavy atom. The minimum absolute atomic E-state index is 0.0569. The Kier molecular flexibility index (Phi) is 5.20. The van der Waals surface area contributed by atoms with Crippen molar-refractivity contribution in [3.63, 3.8) is 0 Å². The van der Waals surface area contributed by atoms with E-state index in [0.29, 0.717) is 35.7 Å². The van der Waals surface area contributed by atoms with Crippen LogP contribution in [0, 0.1) is 22.7 Å². The molecule has 1 heterocycles. The van der Waals surface area contributed by atoms with Crippen molar-refractivity contribution in [2.75, 3.05) is 21.3 Å². The van der Waals surface area contributed by atoms with Gasteiger partial charge in [-0.1, -0.05) is 13.8 Å². The van der Waals surface area contributed by atoms with Crippen LogP contribution in [0.1, 0.15) is 45.1 Å². The first-order valence-electron chi connectivity index (χ1n) is 9.27. The van der Waals surface area contributed by atoms with Crippen molar-refractivity contribution in [2.45, 2.75) is 39.5 Å². The molecule has 0 bridgehead atoms. The number of benzene rings is 1. The molecule has 0 saturated heterocycles. The van der Waals surface area contributed by atoms with Gasteiger partial charge in [0, 0.05) is 29.3 Å². The van der Waals surface area contributed by atoms with Gasteiger partial charge in [0.2, 0.25) is 5.75 Å². The summed E-state index contributed by atoms with van der Waals surface area (Å²) in [5.41, 5.74) is 2.81. The van der Waals surface area contributed by atoms with Gasteiger partial charge in [-0.25, -0.2) is 0 Å².